The second kappa shape index (κ2) is 7.26. The van der Waals surface area contributed by atoms with Gasteiger partial charge in [-0.15, -0.1) is 0 Å². The minimum absolute atomic E-state index is 0.153. The van der Waals surface area contributed by atoms with Gasteiger partial charge in [0.05, 0.1) is 5.69 Å². The summed E-state index contributed by atoms with van der Waals surface area (Å²) in [6.07, 6.45) is 1.65. The van der Waals surface area contributed by atoms with Crippen molar-refractivity contribution in [3.8, 4) is 5.75 Å². The number of hydrogen-bond donors (Lipinski definition) is 2. The number of nitrogens with one attached hydrogen (secondary N) is 1. The molecule has 1 amide bonds. The molecule has 22 heavy (non-hydrogen) atoms. The number of benzene rings is 2. The number of aryl methyl sites for hydroxylation is 1. The van der Waals surface area contributed by atoms with Crippen molar-refractivity contribution in [2.75, 3.05) is 17.7 Å². The lowest BCUT2D eigenvalue weighted by Crippen LogP contribution is -2.20. The Kier molecular flexibility index (Phi) is 5.14. The Hall–Kier alpha value is -2.82. The molecule has 0 spiro atoms. The summed E-state index contributed by atoms with van der Waals surface area (Å²) in [5.41, 5.74) is 8.46. The summed E-state index contributed by atoms with van der Waals surface area (Å²) in [7, 11) is 0. The first-order valence-electron chi connectivity index (χ1n) is 6.98. The van der Waals surface area contributed by atoms with Gasteiger partial charge in [0.2, 0.25) is 0 Å². The van der Waals surface area contributed by atoms with E-state index in [0.717, 1.165) is 12.1 Å². The van der Waals surface area contributed by atoms with Crippen LogP contribution in [0, 0.1) is 0 Å². The van der Waals surface area contributed by atoms with Crippen LogP contribution in [0.3, 0.4) is 0 Å². The highest BCUT2D eigenvalue weighted by molar-refractivity contribution is 5.92. The van der Waals surface area contributed by atoms with Crippen LogP contribution in [0.25, 0.3) is 0 Å². The predicted molar refractivity (Wildman–Crippen MR) is 86.2 cm³/mol. The van der Waals surface area contributed by atoms with Crippen LogP contribution in [0.4, 0.5) is 11.4 Å². The Morgan fingerprint density at radius 2 is 1.95 bits per heavy atom. The van der Waals surface area contributed by atoms with Crippen molar-refractivity contribution in [3.05, 3.63) is 53.6 Å². The molecule has 2 aromatic carbocycles. The molecule has 114 valence electrons. The molecule has 0 bridgehead atoms. The number of hydrogen-bond acceptors (Lipinski definition) is 4. The normalized spacial score (nSPS) is 10.0. The lowest BCUT2D eigenvalue weighted by atomic mass is 10.1. The van der Waals surface area contributed by atoms with Gasteiger partial charge in [0.15, 0.2) is 6.61 Å². The van der Waals surface area contributed by atoms with E-state index in [9.17, 15) is 9.59 Å². The highest BCUT2D eigenvalue weighted by atomic mass is 16.5. The van der Waals surface area contributed by atoms with Crippen molar-refractivity contribution >= 4 is 23.6 Å². The summed E-state index contributed by atoms with van der Waals surface area (Å²) in [5, 5.41) is 2.74. The second-order valence-corrected chi connectivity index (χ2v) is 4.80. The van der Waals surface area contributed by atoms with Gasteiger partial charge in [0.25, 0.3) is 5.91 Å². The molecule has 0 aliphatic rings. The van der Waals surface area contributed by atoms with Gasteiger partial charge in [0.1, 0.15) is 12.0 Å². The largest absolute Gasteiger partial charge is 0.482 e. The molecule has 2 rings (SSSR count). The number of anilines is 2. The van der Waals surface area contributed by atoms with Gasteiger partial charge < -0.3 is 15.8 Å². The van der Waals surface area contributed by atoms with Crippen LogP contribution in [0.15, 0.2) is 42.5 Å². The Morgan fingerprint density at radius 1 is 1.23 bits per heavy atom. The summed E-state index contributed by atoms with van der Waals surface area (Å²) in [5.74, 6) is 0.102. The Morgan fingerprint density at radius 3 is 2.55 bits per heavy atom. The van der Waals surface area contributed by atoms with Gasteiger partial charge in [-0.05, 0) is 42.3 Å². The summed E-state index contributed by atoms with van der Waals surface area (Å²) < 4.78 is 5.36. The van der Waals surface area contributed by atoms with Crippen molar-refractivity contribution in [1.29, 1.82) is 0 Å². The van der Waals surface area contributed by atoms with E-state index in [1.807, 2.05) is 24.3 Å². The van der Waals surface area contributed by atoms with Gasteiger partial charge in [-0.25, -0.2) is 0 Å². The number of nitrogen functional groups attached to an aromatic ring is 1. The molecule has 0 aliphatic heterocycles. The van der Waals surface area contributed by atoms with Crippen molar-refractivity contribution in [3.63, 3.8) is 0 Å². The van der Waals surface area contributed by atoms with E-state index >= 15 is 0 Å². The Labute approximate surface area is 129 Å². The molecule has 0 atom stereocenters. The number of rotatable bonds is 6. The molecule has 0 fully saturated rings. The van der Waals surface area contributed by atoms with Crippen LogP contribution >= 0.6 is 0 Å². The highest BCUT2D eigenvalue weighted by Gasteiger charge is 2.06. The van der Waals surface area contributed by atoms with Crippen LogP contribution < -0.4 is 15.8 Å². The first kappa shape index (κ1) is 15.6. The number of amides is 1. The van der Waals surface area contributed by atoms with E-state index in [4.69, 9.17) is 10.5 Å². The Bertz CT molecular complexity index is 666. The maximum absolute atomic E-state index is 11.8. The monoisotopic (exact) mass is 298 g/mol. The second-order valence-electron chi connectivity index (χ2n) is 4.80. The highest BCUT2D eigenvalue weighted by Crippen LogP contribution is 2.21. The molecule has 0 saturated heterocycles. The van der Waals surface area contributed by atoms with Gasteiger partial charge in [-0.2, -0.15) is 0 Å². The predicted octanol–water partition coefficient (Wildman–Crippen LogP) is 2.66. The number of nitrogens with two attached hydrogens (primary N) is 1. The van der Waals surface area contributed by atoms with Gasteiger partial charge in [-0.1, -0.05) is 19.1 Å². The molecule has 0 heterocycles. The first-order valence-corrected chi connectivity index (χ1v) is 6.98. The quantitative estimate of drug-likeness (QED) is 0.634. The standard InChI is InChI=1S/C17H18N2O3/c1-2-12-3-6-14(7-4-12)19-17(21)11-22-16-8-5-13(10-20)9-15(16)18/h3-10H,2,11,18H2,1H3,(H,19,21). The third-order valence-corrected chi connectivity index (χ3v) is 3.17. The average Bonchev–Trinajstić information content (AvgIpc) is 2.54. The van der Waals surface area contributed by atoms with E-state index < -0.39 is 0 Å². The zero-order valence-corrected chi connectivity index (χ0v) is 12.3. The molecule has 0 aliphatic carbocycles. The molecule has 5 nitrogen and oxygen atoms in total. The minimum Gasteiger partial charge on any atom is -0.482 e. The lowest BCUT2D eigenvalue weighted by Gasteiger charge is -2.10. The average molecular weight is 298 g/mol. The SMILES string of the molecule is CCc1ccc(NC(=O)COc2ccc(C=O)cc2N)cc1. The van der Waals surface area contributed by atoms with Crippen molar-refractivity contribution < 1.29 is 14.3 Å². The molecule has 5 heteroatoms. The Balaban J connectivity index is 1.90. The van der Waals surface area contributed by atoms with Crippen molar-refractivity contribution in [1.82, 2.24) is 0 Å². The molecule has 0 aromatic heterocycles. The maximum Gasteiger partial charge on any atom is 0.262 e. The van der Waals surface area contributed by atoms with E-state index in [1.54, 1.807) is 12.1 Å². The molecule has 0 unspecified atom stereocenters. The van der Waals surface area contributed by atoms with Crippen LogP contribution in [-0.4, -0.2) is 18.8 Å². The van der Waals surface area contributed by atoms with Gasteiger partial charge >= 0.3 is 0 Å². The van der Waals surface area contributed by atoms with Crippen LogP contribution in [0.5, 0.6) is 5.75 Å². The summed E-state index contributed by atoms with van der Waals surface area (Å²) in [6.45, 7) is 1.92. The summed E-state index contributed by atoms with van der Waals surface area (Å²) in [4.78, 5) is 22.5. The molecule has 0 saturated carbocycles. The third kappa shape index (κ3) is 4.09. The zero-order valence-electron chi connectivity index (χ0n) is 12.3. The van der Waals surface area contributed by atoms with E-state index in [-0.39, 0.29) is 12.5 Å². The zero-order chi connectivity index (χ0) is 15.9. The summed E-state index contributed by atoms with van der Waals surface area (Å²) in [6, 6.07) is 12.3. The fourth-order valence-electron chi connectivity index (χ4n) is 1.94. The number of aldehydes is 1. The molecule has 0 radical (unpaired) electrons. The number of ether oxygens (including phenoxy) is 1. The number of carbonyl (C=O) groups excluding carboxylic acids is 2. The number of carbonyl (C=O) groups is 2. The van der Waals surface area contributed by atoms with Crippen LogP contribution in [0.1, 0.15) is 22.8 Å². The van der Waals surface area contributed by atoms with Gasteiger partial charge in [0, 0.05) is 11.3 Å². The lowest BCUT2D eigenvalue weighted by molar-refractivity contribution is -0.118. The van der Waals surface area contributed by atoms with Crippen molar-refractivity contribution in [2.24, 2.45) is 0 Å². The molecule has 2 aromatic rings. The van der Waals surface area contributed by atoms with Crippen molar-refractivity contribution in [2.45, 2.75) is 13.3 Å². The maximum atomic E-state index is 11.8. The van der Waals surface area contributed by atoms with Crippen LogP contribution in [-0.2, 0) is 11.2 Å². The third-order valence-electron chi connectivity index (χ3n) is 3.17. The topological polar surface area (TPSA) is 81.4 Å². The van der Waals surface area contributed by atoms with E-state index in [2.05, 4.69) is 12.2 Å². The molecular formula is C17H18N2O3. The summed E-state index contributed by atoms with van der Waals surface area (Å²) >= 11 is 0. The fraction of sp³-hybridized carbons (Fsp3) is 0.176. The van der Waals surface area contributed by atoms with E-state index in [1.165, 1.54) is 11.6 Å². The molecular weight excluding hydrogens is 280 g/mol. The fourth-order valence-corrected chi connectivity index (χ4v) is 1.94. The minimum atomic E-state index is -0.275. The van der Waals surface area contributed by atoms with Gasteiger partial charge in [-0.3, -0.25) is 9.59 Å². The smallest absolute Gasteiger partial charge is 0.262 e. The van der Waals surface area contributed by atoms with Crippen LogP contribution in [0.2, 0.25) is 0 Å². The molecule has 3 N–H and O–H groups in total. The van der Waals surface area contributed by atoms with E-state index in [0.29, 0.717) is 23.3 Å². The first-order chi connectivity index (χ1) is 10.6.